The van der Waals surface area contributed by atoms with Crippen molar-refractivity contribution in [1.82, 2.24) is 48.4 Å². The van der Waals surface area contributed by atoms with Crippen molar-refractivity contribution < 1.29 is 207 Å². The van der Waals surface area contributed by atoms with Gasteiger partial charge in [0.05, 0.1) is 5.91 Å². The number of carbonyl (C=O) groups excluding carboxylic acids is 9. The summed E-state index contributed by atoms with van der Waals surface area (Å²) in [5, 5.41) is 8.05. The van der Waals surface area contributed by atoms with Crippen LogP contribution in [-0.2, 0) is 188 Å². The van der Waals surface area contributed by atoms with Crippen LogP contribution in [0.3, 0.4) is 0 Å². The number of hydrogen-bond donors (Lipinski definition) is 9. The predicted molar refractivity (Wildman–Crippen MR) is 173 cm³/mol. The SMILES string of the molecule is CC(C)N[N-]C(=O)NCC(=O)N[N-]C(=O)NCC(=O)N[N-]C(=O)NCC(=O)N[N-]C(=O)NCC(=O)N[N-]C(=O)C(C)C.[CH3-].[CH3-].[CH3-].[CH3-].[CH3-].[Y].[Y].[Y].[Y].[Y]. The topological polar surface area (TPSA) is 332 Å². The maximum absolute atomic E-state index is 11.6. The van der Waals surface area contributed by atoms with Gasteiger partial charge in [-0.2, -0.15) is 0 Å². The zero-order chi connectivity index (χ0) is 32.1. The maximum atomic E-state index is 11.6. The van der Waals surface area contributed by atoms with Gasteiger partial charge in [-0.05, 0) is 19.8 Å². The van der Waals surface area contributed by atoms with Crippen molar-refractivity contribution >= 4 is 53.7 Å². The molecule has 0 unspecified atom stereocenters. The van der Waals surface area contributed by atoms with Gasteiger partial charge in [-0.15, -0.1) is 0 Å². The van der Waals surface area contributed by atoms with E-state index < -0.39 is 85.8 Å². The quantitative estimate of drug-likeness (QED) is 0.0997. The summed E-state index contributed by atoms with van der Waals surface area (Å²) < 4.78 is 0. The van der Waals surface area contributed by atoms with Gasteiger partial charge in [-0.25, -0.2) is 0 Å². The van der Waals surface area contributed by atoms with Crippen molar-refractivity contribution in [2.45, 2.75) is 33.7 Å². The first-order chi connectivity index (χ1) is 19.7. The second kappa shape index (κ2) is 48.9. The van der Waals surface area contributed by atoms with E-state index in [-0.39, 0.29) is 207 Å². The average Bonchev–Trinajstić information content (AvgIpc) is 2.94. The molecular formula is C24H46N14O9Y5-10. The van der Waals surface area contributed by atoms with Crippen molar-refractivity contribution in [3.63, 3.8) is 0 Å². The summed E-state index contributed by atoms with van der Waals surface area (Å²) in [6, 6.07) is -4.36. The summed E-state index contributed by atoms with van der Waals surface area (Å²) >= 11 is 0. The molecule has 0 aromatic carbocycles. The van der Waals surface area contributed by atoms with Crippen molar-refractivity contribution in [1.29, 1.82) is 0 Å². The van der Waals surface area contributed by atoms with E-state index in [4.69, 9.17) is 0 Å². The smallest absolute Gasteiger partial charge is 0.222 e. The molecule has 0 atom stereocenters. The van der Waals surface area contributed by atoms with E-state index in [0.717, 1.165) is 0 Å². The number of amides is 13. The minimum absolute atomic E-state index is 0. The Labute approximate surface area is 432 Å². The van der Waals surface area contributed by atoms with Gasteiger partial charge < -0.3 is 112 Å². The molecule has 52 heavy (non-hydrogen) atoms. The summed E-state index contributed by atoms with van der Waals surface area (Å²) in [6.45, 7) is 4.05. The molecule has 291 valence electrons. The van der Waals surface area contributed by atoms with Crippen molar-refractivity contribution in [3.05, 3.63) is 64.3 Å². The average molecular weight is 1120 g/mol. The molecule has 0 rings (SSSR count). The van der Waals surface area contributed by atoms with E-state index >= 15 is 0 Å². The van der Waals surface area contributed by atoms with Crippen LogP contribution < -0.4 is 48.4 Å². The van der Waals surface area contributed by atoms with Gasteiger partial charge in [0.1, 0.15) is 0 Å². The minimum Gasteiger partial charge on any atom is -0.564 e. The minimum atomic E-state index is -1.18. The molecular weight excluding hydrogens is 1070 g/mol. The van der Waals surface area contributed by atoms with Crippen molar-refractivity contribution in [2.75, 3.05) is 26.2 Å². The van der Waals surface area contributed by atoms with Gasteiger partial charge in [-0.1, -0.05) is 13.8 Å². The van der Waals surface area contributed by atoms with Crippen LogP contribution in [0, 0.1) is 43.1 Å². The van der Waals surface area contributed by atoms with Crippen LogP contribution >= 0.6 is 0 Å². The molecule has 0 heterocycles. The molecule has 28 heteroatoms. The Morgan fingerprint density at radius 1 is 0.404 bits per heavy atom. The summed E-state index contributed by atoms with van der Waals surface area (Å²) in [6.07, 6.45) is 0. The molecule has 0 fully saturated rings. The third-order valence-corrected chi connectivity index (χ3v) is 3.66. The van der Waals surface area contributed by atoms with E-state index in [2.05, 4.69) is 37.9 Å². The third kappa shape index (κ3) is 49.9. The Kier molecular flexibility index (Phi) is 75.6. The van der Waals surface area contributed by atoms with E-state index in [0.29, 0.717) is 0 Å². The zero-order valence-electron chi connectivity index (χ0n) is 30.8. The number of rotatable bonds is 11. The van der Waals surface area contributed by atoms with Crippen LogP contribution in [0.15, 0.2) is 0 Å². The summed E-state index contributed by atoms with van der Waals surface area (Å²) in [7, 11) is 0. The molecule has 9 N–H and O–H groups in total. The summed E-state index contributed by atoms with van der Waals surface area (Å²) in [5.41, 5.74) is 25.7. The largest absolute Gasteiger partial charge is 0.564 e. The first-order valence-electron chi connectivity index (χ1n) is 11.8. The summed E-state index contributed by atoms with van der Waals surface area (Å²) in [5.74, 6) is -4.64. The number of nitrogens with zero attached hydrogens (tertiary/aromatic N) is 5. The number of carbonyl (C=O) groups is 9. The molecule has 0 aliphatic rings. The van der Waals surface area contributed by atoms with Gasteiger partial charge in [0, 0.05) is 196 Å². The normalized spacial score (nSPS) is 7.88. The third-order valence-electron chi connectivity index (χ3n) is 3.66. The van der Waals surface area contributed by atoms with Crippen LogP contribution in [0.4, 0.5) is 19.2 Å². The second-order valence-corrected chi connectivity index (χ2v) is 8.11. The number of hydrogen-bond acceptors (Lipinski definition) is 10. The van der Waals surface area contributed by atoms with Gasteiger partial charge in [-0.3, -0.25) is 43.8 Å². The van der Waals surface area contributed by atoms with Gasteiger partial charge >= 0.3 is 0 Å². The van der Waals surface area contributed by atoms with Crippen LogP contribution in [0.1, 0.15) is 27.7 Å². The molecule has 0 spiro atoms. The molecule has 0 aliphatic heterocycles. The Balaban J connectivity index is -0.000000187. The van der Waals surface area contributed by atoms with Crippen LogP contribution in [0.25, 0.3) is 27.1 Å². The molecule has 13 amide bonds. The molecule has 0 aromatic rings. The Morgan fingerprint density at radius 3 is 0.865 bits per heavy atom. The number of nitrogens with one attached hydrogen (secondary N) is 9. The fourth-order valence-corrected chi connectivity index (χ4v) is 1.71. The predicted octanol–water partition coefficient (Wildman–Crippen LogP) is 0.153. The Morgan fingerprint density at radius 2 is 0.635 bits per heavy atom. The zero-order valence-corrected chi connectivity index (χ0v) is 45.0. The Hall–Kier alpha value is -0.0905. The molecule has 0 saturated carbocycles. The molecule has 0 bridgehead atoms. The maximum Gasteiger partial charge on any atom is 0.222 e. The van der Waals surface area contributed by atoms with E-state index in [1.807, 2.05) is 26.8 Å². The fourth-order valence-electron chi connectivity index (χ4n) is 1.71. The van der Waals surface area contributed by atoms with Gasteiger partial charge in [0.25, 0.3) is 0 Å². The molecule has 0 aliphatic carbocycles. The molecule has 23 nitrogen and oxygen atoms in total. The van der Waals surface area contributed by atoms with Crippen LogP contribution in [0.2, 0.25) is 0 Å². The number of urea groups is 4. The molecule has 0 saturated heterocycles. The summed E-state index contributed by atoms with van der Waals surface area (Å²) in [4.78, 5) is 103. The van der Waals surface area contributed by atoms with Crippen molar-refractivity contribution in [3.8, 4) is 0 Å². The first kappa shape index (κ1) is 80.4. The second-order valence-electron chi connectivity index (χ2n) is 8.11. The Bertz CT molecular complexity index is 1030. The first-order valence-corrected chi connectivity index (χ1v) is 11.8. The van der Waals surface area contributed by atoms with E-state index in [9.17, 15) is 43.2 Å². The molecule has 0 aromatic heterocycles. The fraction of sp³-hybridized carbons (Fsp3) is 0.417. The monoisotopic (exact) mass is 1120 g/mol. The van der Waals surface area contributed by atoms with Crippen LogP contribution in [-0.4, -0.2) is 85.9 Å². The van der Waals surface area contributed by atoms with E-state index in [1.54, 1.807) is 38.5 Å². The standard InChI is InChI=1S/C19H36N14O9.5CH3.5Y/c1-9(2)15(38)29-25-11(34)5-21-17(40)31-27-13(36)7-23-19(42)33-28-14(37)8-22-18(41)32-26-12(35)6-20-16(39)30-24-10(3)4;;;;;;;;;;/h9-10,24H,5-8H2,1-4H3,(H13,20,21,22,23,25,26,27,28,29,30,31,32,33,34,35,36,37,38,39,40,41,42);5*1H3;;;;;/q;5*-1;;;;;/p-5. The molecule has 5 radical (unpaired) electrons. The van der Waals surface area contributed by atoms with Gasteiger partial charge in [0.2, 0.25) is 23.6 Å². The van der Waals surface area contributed by atoms with E-state index in [1.165, 1.54) is 0 Å². The van der Waals surface area contributed by atoms with Crippen molar-refractivity contribution in [2.24, 2.45) is 5.92 Å². The van der Waals surface area contributed by atoms with Crippen LogP contribution in [0.5, 0.6) is 0 Å². The van der Waals surface area contributed by atoms with Gasteiger partial charge in [0.15, 0.2) is 24.1 Å².